The molecule has 2 N–H and O–H groups in total. The number of carbonyl (C=O) groups is 1. The fourth-order valence-corrected chi connectivity index (χ4v) is 3.61. The van der Waals surface area contributed by atoms with Crippen molar-refractivity contribution in [3.05, 3.63) is 35.9 Å². The standard InChI is InChI=1S/C18H28N2O4S/c1-25(23,24)14-11-19-18(22)20-12-9-16(10-13-20)17(21)8-7-15-5-3-2-4-6-15/h2-6,16-17,21H,7-14H2,1H3,(H,19,22)/t17-/m0/s1. The summed E-state index contributed by atoms with van der Waals surface area (Å²) in [5.41, 5.74) is 1.23. The van der Waals surface area contributed by atoms with E-state index in [0.717, 1.165) is 31.9 Å². The van der Waals surface area contributed by atoms with Crippen LogP contribution in [0.5, 0.6) is 0 Å². The minimum atomic E-state index is -3.07. The van der Waals surface area contributed by atoms with E-state index in [2.05, 4.69) is 17.4 Å². The molecule has 1 aliphatic rings. The zero-order valence-electron chi connectivity index (χ0n) is 14.7. The molecule has 1 fully saturated rings. The molecule has 1 atom stereocenters. The van der Waals surface area contributed by atoms with Gasteiger partial charge in [0.2, 0.25) is 0 Å². The normalized spacial score (nSPS) is 17.3. The van der Waals surface area contributed by atoms with E-state index in [4.69, 9.17) is 0 Å². The first-order chi connectivity index (χ1) is 11.8. The molecule has 2 rings (SSSR count). The van der Waals surface area contributed by atoms with Gasteiger partial charge in [0.15, 0.2) is 0 Å². The number of hydrogen-bond acceptors (Lipinski definition) is 4. The maximum absolute atomic E-state index is 12.0. The number of rotatable bonds is 7. The largest absolute Gasteiger partial charge is 0.393 e. The van der Waals surface area contributed by atoms with Gasteiger partial charge in [-0.25, -0.2) is 13.2 Å². The summed E-state index contributed by atoms with van der Waals surface area (Å²) in [4.78, 5) is 13.7. The number of hydrogen-bond donors (Lipinski definition) is 2. The van der Waals surface area contributed by atoms with Crippen molar-refractivity contribution in [2.24, 2.45) is 5.92 Å². The van der Waals surface area contributed by atoms with Gasteiger partial charge in [-0.05, 0) is 37.2 Å². The second-order valence-electron chi connectivity index (χ2n) is 6.78. The third-order valence-electron chi connectivity index (χ3n) is 4.69. The van der Waals surface area contributed by atoms with E-state index in [1.807, 2.05) is 18.2 Å². The molecular formula is C18H28N2O4S. The minimum absolute atomic E-state index is 0.0482. The van der Waals surface area contributed by atoms with Crippen LogP contribution in [0.4, 0.5) is 4.79 Å². The Hall–Kier alpha value is -1.60. The summed E-state index contributed by atoms with van der Waals surface area (Å²) in [6.07, 6.45) is 3.94. The average molecular weight is 368 g/mol. The van der Waals surface area contributed by atoms with Gasteiger partial charge in [-0.3, -0.25) is 0 Å². The van der Waals surface area contributed by atoms with Crippen LogP contribution in [0.25, 0.3) is 0 Å². The lowest BCUT2D eigenvalue weighted by Crippen LogP contribution is -2.46. The lowest BCUT2D eigenvalue weighted by atomic mass is 9.88. The van der Waals surface area contributed by atoms with E-state index in [9.17, 15) is 18.3 Å². The van der Waals surface area contributed by atoms with Crippen molar-refractivity contribution in [2.75, 3.05) is 31.6 Å². The molecular weight excluding hydrogens is 340 g/mol. The molecule has 6 nitrogen and oxygen atoms in total. The van der Waals surface area contributed by atoms with Gasteiger partial charge in [0.25, 0.3) is 0 Å². The SMILES string of the molecule is CS(=O)(=O)CCNC(=O)N1CCC([C@@H](O)CCc2ccccc2)CC1. The molecule has 1 aliphatic heterocycles. The van der Waals surface area contributed by atoms with E-state index < -0.39 is 9.84 Å². The van der Waals surface area contributed by atoms with Crippen LogP contribution in [0.3, 0.4) is 0 Å². The number of benzene rings is 1. The number of piperidine rings is 1. The second-order valence-corrected chi connectivity index (χ2v) is 9.04. The summed E-state index contributed by atoms with van der Waals surface area (Å²) < 4.78 is 22.2. The first-order valence-electron chi connectivity index (χ1n) is 8.77. The lowest BCUT2D eigenvalue weighted by Gasteiger charge is -2.34. The Morgan fingerprint density at radius 3 is 2.52 bits per heavy atom. The first-order valence-corrected chi connectivity index (χ1v) is 10.8. The molecule has 0 bridgehead atoms. The van der Waals surface area contributed by atoms with Crippen molar-refractivity contribution < 1.29 is 18.3 Å². The molecule has 0 spiro atoms. The van der Waals surface area contributed by atoms with Crippen LogP contribution in [-0.2, 0) is 16.3 Å². The van der Waals surface area contributed by atoms with Crippen LogP contribution >= 0.6 is 0 Å². The maximum atomic E-state index is 12.0. The number of likely N-dealkylation sites (tertiary alicyclic amines) is 1. The molecule has 0 aliphatic carbocycles. The molecule has 1 saturated heterocycles. The van der Waals surface area contributed by atoms with Crippen LogP contribution in [0, 0.1) is 5.92 Å². The Labute approximate surface area is 150 Å². The highest BCUT2D eigenvalue weighted by Gasteiger charge is 2.27. The van der Waals surface area contributed by atoms with Gasteiger partial charge in [0, 0.05) is 25.9 Å². The molecule has 1 heterocycles. The second kappa shape index (κ2) is 9.20. The summed E-state index contributed by atoms with van der Waals surface area (Å²) >= 11 is 0. The maximum Gasteiger partial charge on any atom is 0.317 e. The minimum Gasteiger partial charge on any atom is -0.393 e. The van der Waals surface area contributed by atoms with E-state index >= 15 is 0 Å². The number of aliphatic hydroxyl groups is 1. The summed E-state index contributed by atoms with van der Waals surface area (Å²) in [6, 6.07) is 9.90. The van der Waals surface area contributed by atoms with Crippen LogP contribution in [0.2, 0.25) is 0 Å². The Morgan fingerprint density at radius 1 is 1.28 bits per heavy atom. The Kier molecular flexibility index (Phi) is 7.25. The van der Waals surface area contributed by atoms with Crippen molar-refractivity contribution in [2.45, 2.75) is 31.8 Å². The van der Waals surface area contributed by atoms with Crippen molar-refractivity contribution >= 4 is 15.9 Å². The smallest absolute Gasteiger partial charge is 0.317 e. The number of nitrogens with zero attached hydrogens (tertiary/aromatic N) is 1. The topological polar surface area (TPSA) is 86.7 Å². The molecule has 140 valence electrons. The number of urea groups is 1. The summed E-state index contributed by atoms with van der Waals surface area (Å²) in [5.74, 6) is 0.164. The fraction of sp³-hybridized carbons (Fsp3) is 0.611. The molecule has 0 aromatic heterocycles. The van der Waals surface area contributed by atoms with E-state index in [0.29, 0.717) is 13.1 Å². The Bertz CT molecular complexity index is 640. The zero-order valence-corrected chi connectivity index (χ0v) is 15.5. The predicted octanol–water partition coefficient (Wildman–Crippen LogP) is 1.45. The van der Waals surface area contributed by atoms with Crippen molar-refractivity contribution in [1.29, 1.82) is 0 Å². The zero-order chi connectivity index (χ0) is 18.3. The van der Waals surface area contributed by atoms with Gasteiger partial charge < -0.3 is 15.3 Å². The van der Waals surface area contributed by atoms with Gasteiger partial charge in [-0.1, -0.05) is 30.3 Å². The highest BCUT2D eigenvalue weighted by molar-refractivity contribution is 7.90. The van der Waals surface area contributed by atoms with E-state index in [1.54, 1.807) is 4.90 Å². The highest BCUT2D eigenvalue weighted by Crippen LogP contribution is 2.23. The lowest BCUT2D eigenvalue weighted by molar-refractivity contribution is 0.0611. The van der Waals surface area contributed by atoms with E-state index in [1.165, 1.54) is 5.56 Å². The van der Waals surface area contributed by atoms with Gasteiger partial charge in [0.05, 0.1) is 11.9 Å². The van der Waals surface area contributed by atoms with Crippen LogP contribution < -0.4 is 5.32 Å². The number of nitrogens with one attached hydrogen (secondary N) is 1. The molecule has 2 amide bonds. The highest BCUT2D eigenvalue weighted by atomic mass is 32.2. The molecule has 25 heavy (non-hydrogen) atoms. The molecule has 1 aromatic rings. The van der Waals surface area contributed by atoms with Crippen LogP contribution in [0.1, 0.15) is 24.8 Å². The first kappa shape index (κ1) is 19.7. The van der Waals surface area contributed by atoms with E-state index in [-0.39, 0.29) is 30.4 Å². The third-order valence-corrected chi connectivity index (χ3v) is 5.64. The van der Waals surface area contributed by atoms with Gasteiger partial charge >= 0.3 is 6.03 Å². The molecule has 0 radical (unpaired) electrons. The molecule has 0 saturated carbocycles. The van der Waals surface area contributed by atoms with Gasteiger partial charge in [-0.2, -0.15) is 0 Å². The quantitative estimate of drug-likeness (QED) is 0.763. The average Bonchev–Trinajstić information content (AvgIpc) is 2.59. The Morgan fingerprint density at radius 2 is 1.92 bits per heavy atom. The van der Waals surface area contributed by atoms with Gasteiger partial charge in [0.1, 0.15) is 9.84 Å². The number of sulfone groups is 1. The number of carbonyl (C=O) groups excluding carboxylic acids is 1. The molecule has 0 unspecified atom stereocenters. The molecule has 1 aromatic carbocycles. The van der Waals surface area contributed by atoms with Crippen molar-refractivity contribution in [3.8, 4) is 0 Å². The molecule has 7 heteroatoms. The van der Waals surface area contributed by atoms with Crippen LogP contribution in [0.15, 0.2) is 30.3 Å². The summed E-state index contributed by atoms with van der Waals surface area (Å²) in [7, 11) is -3.07. The fourth-order valence-electron chi connectivity index (χ4n) is 3.14. The third kappa shape index (κ3) is 7.04. The van der Waals surface area contributed by atoms with Crippen LogP contribution in [-0.4, -0.2) is 62.2 Å². The summed E-state index contributed by atoms with van der Waals surface area (Å²) in [6.45, 7) is 1.33. The number of aryl methyl sites for hydroxylation is 1. The predicted molar refractivity (Wildman–Crippen MR) is 98.2 cm³/mol. The monoisotopic (exact) mass is 368 g/mol. The van der Waals surface area contributed by atoms with Gasteiger partial charge in [-0.15, -0.1) is 0 Å². The summed E-state index contributed by atoms with van der Waals surface area (Å²) in [5, 5.41) is 13.1. The number of aliphatic hydroxyl groups excluding tert-OH is 1. The number of amides is 2. The van der Waals surface area contributed by atoms with Crippen molar-refractivity contribution in [3.63, 3.8) is 0 Å². The Balaban J connectivity index is 1.68. The van der Waals surface area contributed by atoms with Crippen molar-refractivity contribution in [1.82, 2.24) is 10.2 Å².